The molecule has 0 aliphatic carbocycles. The molecule has 94 valence electrons. The van der Waals surface area contributed by atoms with Crippen molar-refractivity contribution in [1.29, 1.82) is 0 Å². The summed E-state index contributed by atoms with van der Waals surface area (Å²) in [5.74, 6) is 0.0743. The van der Waals surface area contributed by atoms with Crippen LogP contribution in [0.2, 0.25) is 0 Å². The maximum atomic E-state index is 11.9. The van der Waals surface area contributed by atoms with E-state index in [2.05, 4.69) is 21.7 Å². The standard InChI is InChI=1S/C14H17N3O/c1-14(2)16-12(13(18)17-14)7-9-8-15-11-6-4-3-5-10(9)11/h3-6,8,12,15-16H,7H2,1-2H3,(H,17,18)/t12-/m1/s1. The Kier molecular flexibility index (Phi) is 2.41. The van der Waals surface area contributed by atoms with Gasteiger partial charge in [-0.25, -0.2) is 0 Å². The van der Waals surface area contributed by atoms with Crippen LogP contribution in [0.3, 0.4) is 0 Å². The maximum Gasteiger partial charge on any atom is 0.238 e. The molecule has 1 fully saturated rings. The number of amides is 1. The molecule has 2 aromatic rings. The Bertz CT molecular complexity index is 600. The topological polar surface area (TPSA) is 56.9 Å². The molecule has 0 spiro atoms. The first-order chi connectivity index (χ1) is 8.55. The average molecular weight is 243 g/mol. The first-order valence-corrected chi connectivity index (χ1v) is 6.20. The molecule has 2 heterocycles. The summed E-state index contributed by atoms with van der Waals surface area (Å²) in [7, 11) is 0. The van der Waals surface area contributed by atoms with Gasteiger partial charge in [0.05, 0.1) is 11.7 Å². The maximum absolute atomic E-state index is 11.9. The van der Waals surface area contributed by atoms with Gasteiger partial charge >= 0.3 is 0 Å². The lowest BCUT2D eigenvalue weighted by atomic mass is 10.1. The highest BCUT2D eigenvalue weighted by Crippen LogP contribution is 2.21. The lowest BCUT2D eigenvalue weighted by Gasteiger charge is -2.18. The van der Waals surface area contributed by atoms with Crippen molar-refractivity contribution < 1.29 is 4.79 Å². The number of fused-ring (bicyclic) bond motifs is 1. The summed E-state index contributed by atoms with van der Waals surface area (Å²) in [6.45, 7) is 3.94. The normalized spacial score (nSPS) is 22.3. The predicted octanol–water partition coefficient (Wildman–Crippen LogP) is 1.53. The summed E-state index contributed by atoms with van der Waals surface area (Å²) in [6, 6.07) is 8.00. The lowest BCUT2D eigenvalue weighted by Crippen LogP contribution is -2.44. The molecule has 18 heavy (non-hydrogen) atoms. The fourth-order valence-electron chi connectivity index (χ4n) is 2.60. The number of carbonyl (C=O) groups excluding carboxylic acids is 1. The minimum Gasteiger partial charge on any atom is -0.361 e. The quantitative estimate of drug-likeness (QED) is 0.749. The molecule has 1 amide bonds. The van der Waals surface area contributed by atoms with Crippen molar-refractivity contribution in [3.05, 3.63) is 36.0 Å². The molecule has 0 radical (unpaired) electrons. The van der Waals surface area contributed by atoms with E-state index in [1.165, 1.54) is 10.9 Å². The van der Waals surface area contributed by atoms with Gasteiger partial charge in [0, 0.05) is 17.1 Å². The van der Waals surface area contributed by atoms with Crippen LogP contribution in [-0.4, -0.2) is 22.6 Å². The Balaban J connectivity index is 1.87. The number of aromatic nitrogens is 1. The highest BCUT2D eigenvalue weighted by atomic mass is 16.2. The van der Waals surface area contributed by atoms with E-state index in [4.69, 9.17) is 0 Å². The molecule has 3 rings (SSSR count). The number of benzene rings is 1. The minimum atomic E-state index is -0.312. The SMILES string of the molecule is CC1(C)NC(=O)[C@@H](Cc2c[nH]c3ccccc23)N1. The fraction of sp³-hybridized carbons (Fsp3) is 0.357. The van der Waals surface area contributed by atoms with Crippen LogP contribution in [-0.2, 0) is 11.2 Å². The van der Waals surface area contributed by atoms with Gasteiger partial charge in [0.25, 0.3) is 0 Å². The van der Waals surface area contributed by atoms with Crippen LogP contribution in [0.1, 0.15) is 19.4 Å². The second kappa shape index (κ2) is 3.85. The molecule has 3 N–H and O–H groups in total. The zero-order valence-corrected chi connectivity index (χ0v) is 10.6. The van der Waals surface area contributed by atoms with Crippen molar-refractivity contribution in [1.82, 2.24) is 15.6 Å². The molecule has 1 saturated heterocycles. The van der Waals surface area contributed by atoms with Crippen LogP contribution in [0.15, 0.2) is 30.5 Å². The predicted molar refractivity (Wildman–Crippen MR) is 71.1 cm³/mol. The summed E-state index contributed by atoms with van der Waals surface area (Å²) in [4.78, 5) is 15.1. The molecule has 4 nitrogen and oxygen atoms in total. The van der Waals surface area contributed by atoms with Gasteiger partial charge in [0.2, 0.25) is 5.91 Å². The van der Waals surface area contributed by atoms with E-state index < -0.39 is 0 Å². The van der Waals surface area contributed by atoms with Crippen LogP contribution < -0.4 is 10.6 Å². The molecule has 0 saturated carbocycles. The molecule has 4 heteroatoms. The Morgan fingerprint density at radius 2 is 2.06 bits per heavy atom. The monoisotopic (exact) mass is 243 g/mol. The van der Waals surface area contributed by atoms with Crippen LogP contribution >= 0.6 is 0 Å². The number of rotatable bonds is 2. The highest BCUT2D eigenvalue weighted by Gasteiger charge is 2.36. The zero-order valence-electron chi connectivity index (χ0n) is 10.6. The molecule has 0 bridgehead atoms. The lowest BCUT2D eigenvalue weighted by molar-refractivity contribution is -0.120. The van der Waals surface area contributed by atoms with Crippen molar-refractivity contribution in [3.63, 3.8) is 0 Å². The van der Waals surface area contributed by atoms with Gasteiger partial charge in [-0.2, -0.15) is 0 Å². The van der Waals surface area contributed by atoms with Gasteiger partial charge in [-0.05, 0) is 31.9 Å². The molecular formula is C14H17N3O. The van der Waals surface area contributed by atoms with Crippen molar-refractivity contribution >= 4 is 16.8 Å². The van der Waals surface area contributed by atoms with Gasteiger partial charge in [-0.15, -0.1) is 0 Å². The van der Waals surface area contributed by atoms with E-state index in [0.717, 1.165) is 5.52 Å². The summed E-state index contributed by atoms with van der Waals surface area (Å²) in [6.07, 6.45) is 2.70. The van der Waals surface area contributed by atoms with Gasteiger partial charge in [-0.3, -0.25) is 10.1 Å². The summed E-state index contributed by atoms with van der Waals surface area (Å²) in [5, 5.41) is 7.44. The van der Waals surface area contributed by atoms with Gasteiger partial charge in [0.1, 0.15) is 0 Å². The van der Waals surface area contributed by atoms with Crippen molar-refractivity contribution in [2.75, 3.05) is 0 Å². The van der Waals surface area contributed by atoms with E-state index in [1.807, 2.05) is 38.2 Å². The minimum absolute atomic E-state index is 0.0743. The first kappa shape index (κ1) is 11.3. The van der Waals surface area contributed by atoms with E-state index >= 15 is 0 Å². The van der Waals surface area contributed by atoms with Crippen molar-refractivity contribution in [2.45, 2.75) is 32.0 Å². The van der Waals surface area contributed by atoms with E-state index in [0.29, 0.717) is 6.42 Å². The molecular weight excluding hydrogens is 226 g/mol. The van der Waals surface area contributed by atoms with Crippen LogP contribution in [0, 0.1) is 0 Å². The van der Waals surface area contributed by atoms with Crippen molar-refractivity contribution in [3.8, 4) is 0 Å². The Labute approximate surface area is 106 Å². The Morgan fingerprint density at radius 1 is 1.28 bits per heavy atom. The number of nitrogens with one attached hydrogen (secondary N) is 3. The summed E-state index contributed by atoms with van der Waals surface area (Å²) < 4.78 is 0. The van der Waals surface area contributed by atoms with Gasteiger partial charge < -0.3 is 10.3 Å². The average Bonchev–Trinajstić information content (AvgIpc) is 2.81. The molecule has 1 aliphatic heterocycles. The van der Waals surface area contributed by atoms with Crippen LogP contribution in [0.4, 0.5) is 0 Å². The third-order valence-electron chi connectivity index (χ3n) is 3.39. The van der Waals surface area contributed by atoms with Gasteiger partial charge in [-0.1, -0.05) is 18.2 Å². The molecule has 1 aromatic heterocycles. The van der Waals surface area contributed by atoms with Crippen molar-refractivity contribution in [2.24, 2.45) is 0 Å². The number of hydrogen-bond donors (Lipinski definition) is 3. The highest BCUT2D eigenvalue weighted by molar-refractivity contribution is 5.87. The zero-order chi connectivity index (χ0) is 12.8. The number of carbonyl (C=O) groups is 1. The second-order valence-corrected chi connectivity index (χ2v) is 5.37. The Hall–Kier alpha value is -1.81. The molecule has 1 aromatic carbocycles. The number of aromatic amines is 1. The van der Waals surface area contributed by atoms with Crippen LogP contribution in [0.5, 0.6) is 0 Å². The van der Waals surface area contributed by atoms with E-state index in [-0.39, 0.29) is 17.6 Å². The first-order valence-electron chi connectivity index (χ1n) is 6.20. The molecule has 0 unspecified atom stereocenters. The number of hydrogen-bond acceptors (Lipinski definition) is 2. The van der Waals surface area contributed by atoms with E-state index in [1.54, 1.807) is 0 Å². The smallest absolute Gasteiger partial charge is 0.238 e. The Morgan fingerprint density at radius 3 is 2.78 bits per heavy atom. The fourth-order valence-corrected chi connectivity index (χ4v) is 2.60. The molecule has 1 aliphatic rings. The third-order valence-corrected chi connectivity index (χ3v) is 3.39. The molecule has 1 atom stereocenters. The van der Waals surface area contributed by atoms with E-state index in [9.17, 15) is 4.79 Å². The summed E-state index contributed by atoms with van der Waals surface area (Å²) >= 11 is 0. The van der Waals surface area contributed by atoms with Gasteiger partial charge in [0.15, 0.2) is 0 Å². The second-order valence-electron chi connectivity index (χ2n) is 5.37. The summed E-state index contributed by atoms with van der Waals surface area (Å²) in [5.41, 5.74) is 1.98. The third kappa shape index (κ3) is 1.88. The number of para-hydroxylation sites is 1. The largest absolute Gasteiger partial charge is 0.361 e. The number of H-pyrrole nitrogens is 1. The van der Waals surface area contributed by atoms with Crippen LogP contribution in [0.25, 0.3) is 10.9 Å².